The summed E-state index contributed by atoms with van der Waals surface area (Å²) >= 11 is 5.97. The largest absolute Gasteiger partial charge is 0.385 e. The van der Waals surface area contributed by atoms with E-state index in [0.29, 0.717) is 10.6 Å². The fourth-order valence-electron chi connectivity index (χ4n) is 2.08. The lowest BCUT2D eigenvalue weighted by Gasteiger charge is -2.15. The number of carbonyl (C=O) groups excluding carboxylic acids is 1. The molecule has 2 rings (SSSR count). The number of nitrogens with one attached hydrogen (secondary N) is 2. The quantitative estimate of drug-likeness (QED) is 0.866. The van der Waals surface area contributed by atoms with Crippen molar-refractivity contribution < 1.29 is 4.79 Å². The number of benzene rings is 2. The summed E-state index contributed by atoms with van der Waals surface area (Å²) in [4.78, 5) is 12.2. The lowest BCUT2D eigenvalue weighted by atomic mass is 10.1. The van der Waals surface area contributed by atoms with E-state index in [9.17, 15) is 4.79 Å². The molecule has 3 nitrogen and oxygen atoms in total. The monoisotopic (exact) mass is 302 g/mol. The normalized spacial score (nSPS) is 11.8. The number of anilines is 1. The molecule has 2 aromatic carbocycles. The summed E-state index contributed by atoms with van der Waals surface area (Å²) < 4.78 is 0. The van der Waals surface area contributed by atoms with Crippen LogP contribution in [-0.2, 0) is 0 Å². The molecule has 0 aromatic heterocycles. The highest BCUT2D eigenvalue weighted by molar-refractivity contribution is 6.30. The molecule has 2 aromatic rings. The molecule has 110 valence electrons. The van der Waals surface area contributed by atoms with Gasteiger partial charge in [-0.1, -0.05) is 23.7 Å². The number of hydrogen-bond acceptors (Lipinski definition) is 2. The predicted octanol–water partition coefficient (Wildman–Crippen LogP) is 4.26. The summed E-state index contributed by atoms with van der Waals surface area (Å²) in [7, 11) is 0. The van der Waals surface area contributed by atoms with Crippen molar-refractivity contribution in [1.82, 2.24) is 5.32 Å². The first kappa shape index (κ1) is 15.4. The van der Waals surface area contributed by atoms with Crippen molar-refractivity contribution in [2.45, 2.75) is 19.9 Å². The van der Waals surface area contributed by atoms with Crippen molar-refractivity contribution in [3.05, 3.63) is 64.7 Å². The van der Waals surface area contributed by atoms with E-state index in [-0.39, 0.29) is 11.9 Å². The van der Waals surface area contributed by atoms with E-state index >= 15 is 0 Å². The predicted molar refractivity (Wildman–Crippen MR) is 87.9 cm³/mol. The minimum Gasteiger partial charge on any atom is -0.385 e. The minimum atomic E-state index is -0.0929. The molecular formula is C17H19ClN2O. The Labute approximate surface area is 130 Å². The lowest BCUT2D eigenvalue weighted by molar-refractivity contribution is 0.0940. The van der Waals surface area contributed by atoms with Gasteiger partial charge in [-0.2, -0.15) is 0 Å². The Morgan fingerprint density at radius 1 is 1.19 bits per heavy atom. The zero-order chi connectivity index (χ0) is 15.2. The lowest BCUT2D eigenvalue weighted by Crippen LogP contribution is -2.26. The highest BCUT2D eigenvalue weighted by Crippen LogP contribution is 2.18. The van der Waals surface area contributed by atoms with Crippen LogP contribution in [0.15, 0.2) is 48.5 Å². The van der Waals surface area contributed by atoms with E-state index in [4.69, 9.17) is 11.6 Å². The van der Waals surface area contributed by atoms with Gasteiger partial charge in [0.15, 0.2) is 0 Å². The molecule has 0 saturated heterocycles. The van der Waals surface area contributed by atoms with Crippen LogP contribution in [0.25, 0.3) is 0 Å². The van der Waals surface area contributed by atoms with E-state index in [2.05, 4.69) is 10.6 Å². The molecule has 0 saturated carbocycles. The third-order valence-corrected chi connectivity index (χ3v) is 3.46. The molecule has 2 N–H and O–H groups in total. The maximum atomic E-state index is 12.2. The first-order chi connectivity index (χ1) is 10.1. The Hall–Kier alpha value is -2.00. The van der Waals surface area contributed by atoms with Crippen LogP contribution in [0.4, 0.5) is 5.69 Å². The first-order valence-electron chi connectivity index (χ1n) is 7.00. The molecule has 0 spiro atoms. The van der Waals surface area contributed by atoms with Gasteiger partial charge >= 0.3 is 0 Å². The van der Waals surface area contributed by atoms with E-state index in [1.165, 1.54) is 0 Å². The second-order valence-electron chi connectivity index (χ2n) is 4.86. The van der Waals surface area contributed by atoms with E-state index in [1.807, 2.05) is 62.4 Å². The molecule has 0 heterocycles. The molecule has 1 atom stereocenters. The highest BCUT2D eigenvalue weighted by atomic mass is 35.5. The fourth-order valence-corrected chi connectivity index (χ4v) is 2.28. The zero-order valence-corrected chi connectivity index (χ0v) is 12.9. The van der Waals surface area contributed by atoms with Gasteiger partial charge in [0.2, 0.25) is 0 Å². The SMILES string of the molecule is CCNc1ccc(C(=O)NC(C)c2cccc(Cl)c2)cc1. The topological polar surface area (TPSA) is 41.1 Å². The number of amides is 1. The van der Waals surface area contributed by atoms with Gasteiger partial charge in [-0.05, 0) is 55.8 Å². The molecule has 0 fully saturated rings. The number of carbonyl (C=O) groups is 1. The molecule has 0 bridgehead atoms. The maximum absolute atomic E-state index is 12.2. The summed E-state index contributed by atoms with van der Waals surface area (Å²) in [5.74, 6) is -0.0921. The van der Waals surface area contributed by atoms with Crippen LogP contribution in [0.1, 0.15) is 35.8 Å². The summed E-state index contributed by atoms with van der Waals surface area (Å²) in [5, 5.41) is 6.84. The molecular weight excluding hydrogens is 284 g/mol. The molecule has 0 radical (unpaired) electrons. The van der Waals surface area contributed by atoms with Crippen LogP contribution in [0, 0.1) is 0 Å². The third kappa shape index (κ3) is 4.23. The highest BCUT2D eigenvalue weighted by Gasteiger charge is 2.11. The summed E-state index contributed by atoms with van der Waals surface area (Å²) in [6.07, 6.45) is 0. The van der Waals surface area contributed by atoms with Crippen LogP contribution >= 0.6 is 11.6 Å². The third-order valence-electron chi connectivity index (χ3n) is 3.22. The average Bonchev–Trinajstić information content (AvgIpc) is 2.48. The van der Waals surface area contributed by atoms with Gasteiger partial charge in [-0.3, -0.25) is 4.79 Å². The van der Waals surface area contributed by atoms with Crippen LogP contribution in [-0.4, -0.2) is 12.5 Å². The second kappa shape index (κ2) is 7.14. The zero-order valence-electron chi connectivity index (χ0n) is 12.2. The standard InChI is InChI=1S/C17H19ClN2O/c1-3-19-16-9-7-13(8-10-16)17(21)20-12(2)14-5-4-6-15(18)11-14/h4-12,19H,3H2,1-2H3,(H,20,21). The molecule has 21 heavy (non-hydrogen) atoms. The average molecular weight is 303 g/mol. The van der Waals surface area contributed by atoms with Gasteiger partial charge < -0.3 is 10.6 Å². The second-order valence-corrected chi connectivity index (χ2v) is 5.29. The van der Waals surface area contributed by atoms with Crippen LogP contribution in [0.2, 0.25) is 5.02 Å². The van der Waals surface area contributed by atoms with E-state index in [0.717, 1.165) is 17.8 Å². The van der Waals surface area contributed by atoms with Gasteiger partial charge in [0.25, 0.3) is 5.91 Å². The fraction of sp³-hybridized carbons (Fsp3) is 0.235. The summed E-state index contributed by atoms with van der Waals surface area (Å²) in [6, 6.07) is 14.9. The van der Waals surface area contributed by atoms with Crippen molar-refractivity contribution in [2.75, 3.05) is 11.9 Å². The Morgan fingerprint density at radius 2 is 1.90 bits per heavy atom. The molecule has 0 aliphatic carbocycles. The Bertz CT molecular complexity index is 610. The van der Waals surface area contributed by atoms with Crippen molar-refractivity contribution in [3.8, 4) is 0 Å². The van der Waals surface area contributed by atoms with Crippen molar-refractivity contribution in [3.63, 3.8) is 0 Å². The van der Waals surface area contributed by atoms with Gasteiger partial charge in [-0.25, -0.2) is 0 Å². The first-order valence-corrected chi connectivity index (χ1v) is 7.38. The number of halogens is 1. The molecule has 4 heteroatoms. The van der Waals surface area contributed by atoms with Gasteiger partial charge in [0.05, 0.1) is 6.04 Å². The minimum absolute atomic E-state index is 0.0921. The Balaban J connectivity index is 2.03. The maximum Gasteiger partial charge on any atom is 0.251 e. The van der Waals surface area contributed by atoms with E-state index in [1.54, 1.807) is 0 Å². The number of hydrogen-bond donors (Lipinski definition) is 2. The molecule has 1 amide bonds. The Morgan fingerprint density at radius 3 is 2.52 bits per heavy atom. The molecule has 0 aliphatic rings. The van der Waals surface area contributed by atoms with Gasteiger partial charge in [-0.15, -0.1) is 0 Å². The van der Waals surface area contributed by atoms with Gasteiger partial charge in [0, 0.05) is 22.8 Å². The van der Waals surface area contributed by atoms with Crippen molar-refractivity contribution in [2.24, 2.45) is 0 Å². The van der Waals surface area contributed by atoms with Crippen LogP contribution in [0.5, 0.6) is 0 Å². The van der Waals surface area contributed by atoms with Gasteiger partial charge in [0.1, 0.15) is 0 Å². The molecule has 0 aliphatic heterocycles. The smallest absolute Gasteiger partial charge is 0.251 e. The number of rotatable bonds is 5. The Kier molecular flexibility index (Phi) is 5.23. The van der Waals surface area contributed by atoms with Crippen molar-refractivity contribution >= 4 is 23.2 Å². The summed E-state index contributed by atoms with van der Waals surface area (Å²) in [6.45, 7) is 4.83. The van der Waals surface area contributed by atoms with Crippen molar-refractivity contribution in [1.29, 1.82) is 0 Å². The molecule has 1 unspecified atom stereocenters. The van der Waals surface area contributed by atoms with Crippen LogP contribution < -0.4 is 10.6 Å². The van der Waals surface area contributed by atoms with Crippen LogP contribution in [0.3, 0.4) is 0 Å². The van der Waals surface area contributed by atoms with E-state index < -0.39 is 0 Å². The summed E-state index contributed by atoms with van der Waals surface area (Å²) in [5.41, 5.74) is 2.64.